The average molecular weight is 372 g/mol. The molecule has 2 aromatic rings. The van der Waals surface area contributed by atoms with E-state index in [1.54, 1.807) is 0 Å². The van der Waals surface area contributed by atoms with E-state index in [-0.39, 0.29) is 24.8 Å². The van der Waals surface area contributed by atoms with E-state index in [4.69, 9.17) is 5.73 Å². The largest absolute Gasteiger partial charge is 0.399 e. The number of nitrogen functional groups attached to an aromatic ring is 1. The summed E-state index contributed by atoms with van der Waals surface area (Å²) in [5.74, 6) is 2.53. The van der Waals surface area contributed by atoms with Crippen molar-refractivity contribution in [2.75, 3.05) is 18.8 Å². The molecule has 2 N–H and O–H groups in total. The minimum atomic E-state index is 0. The molecule has 1 fully saturated rings. The van der Waals surface area contributed by atoms with Gasteiger partial charge in [-0.2, -0.15) is 5.10 Å². The molecular weight excluding hydrogens is 345 g/mol. The van der Waals surface area contributed by atoms with Crippen LogP contribution >= 0.6 is 24.8 Å². The third-order valence-electron chi connectivity index (χ3n) is 4.35. The molecule has 0 amide bonds. The highest BCUT2D eigenvalue weighted by Gasteiger charge is 2.21. The number of hydrogen-bond acceptors (Lipinski definition) is 4. The number of nitrogens with zero attached hydrogens (tertiary/aromatic N) is 4. The molecule has 1 atom stereocenters. The molecule has 1 aliphatic rings. The number of likely N-dealkylation sites (tertiary alicyclic amines) is 1. The summed E-state index contributed by atoms with van der Waals surface area (Å²) in [6.07, 6.45) is 2.52. The minimum absolute atomic E-state index is 0. The predicted octanol–water partition coefficient (Wildman–Crippen LogP) is 3.23. The van der Waals surface area contributed by atoms with Gasteiger partial charge in [0.2, 0.25) is 0 Å². The van der Waals surface area contributed by atoms with Crippen LogP contribution in [-0.4, -0.2) is 32.8 Å². The van der Waals surface area contributed by atoms with Crippen molar-refractivity contribution in [3.63, 3.8) is 0 Å². The van der Waals surface area contributed by atoms with Crippen LogP contribution < -0.4 is 5.73 Å². The van der Waals surface area contributed by atoms with Crippen LogP contribution in [0.3, 0.4) is 0 Å². The number of anilines is 1. The summed E-state index contributed by atoms with van der Waals surface area (Å²) in [5, 5.41) is 4.50. The fraction of sp³-hybridized carbons (Fsp3) is 0.529. The highest BCUT2D eigenvalue weighted by Crippen LogP contribution is 2.21. The topological polar surface area (TPSA) is 60.0 Å². The highest BCUT2D eigenvalue weighted by atomic mass is 35.5. The number of halogens is 2. The van der Waals surface area contributed by atoms with Crippen molar-refractivity contribution in [3.8, 4) is 0 Å². The Balaban J connectivity index is 0.00000144. The van der Waals surface area contributed by atoms with E-state index < -0.39 is 0 Å². The maximum atomic E-state index is 5.88. The molecule has 1 aliphatic heterocycles. The maximum Gasteiger partial charge on any atom is 0.147 e. The monoisotopic (exact) mass is 371 g/mol. The zero-order chi connectivity index (χ0) is 15.5. The Labute approximate surface area is 156 Å². The van der Waals surface area contributed by atoms with Crippen LogP contribution in [-0.2, 0) is 13.1 Å². The van der Waals surface area contributed by atoms with Crippen LogP contribution in [0.1, 0.15) is 30.1 Å². The molecular formula is C17H27Cl2N5. The first-order chi connectivity index (χ1) is 10.6. The third kappa shape index (κ3) is 5.36. The number of hydrogen-bond donors (Lipinski definition) is 1. The van der Waals surface area contributed by atoms with E-state index >= 15 is 0 Å². The fourth-order valence-electron chi connectivity index (χ4n) is 3.37. The average Bonchev–Trinajstić information content (AvgIpc) is 2.77. The lowest BCUT2D eigenvalue weighted by Gasteiger charge is -2.32. The predicted molar refractivity (Wildman–Crippen MR) is 103 cm³/mol. The Kier molecular flexibility index (Phi) is 8.00. The number of nitrogens with two attached hydrogens (primary N) is 1. The van der Waals surface area contributed by atoms with E-state index in [1.807, 2.05) is 26.0 Å². The fourth-order valence-corrected chi connectivity index (χ4v) is 3.37. The van der Waals surface area contributed by atoms with Crippen LogP contribution in [0.25, 0.3) is 0 Å². The Morgan fingerprint density at radius 3 is 2.71 bits per heavy atom. The summed E-state index contributed by atoms with van der Waals surface area (Å²) < 4.78 is 2.06. The van der Waals surface area contributed by atoms with Gasteiger partial charge in [-0.05, 0) is 56.8 Å². The van der Waals surface area contributed by atoms with Gasteiger partial charge in [0.15, 0.2) is 0 Å². The number of aryl methyl sites for hydroxylation is 2. The molecule has 0 bridgehead atoms. The lowest BCUT2D eigenvalue weighted by Crippen LogP contribution is -2.36. The van der Waals surface area contributed by atoms with E-state index in [0.717, 1.165) is 37.0 Å². The minimum Gasteiger partial charge on any atom is -0.399 e. The summed E-state index contributed by atoms with van der Waals surface area (Å²) in [6, 6.07) is 8.21. The van der Waals surface area contributed by atoms with E-state index in [1.165, 1.54) is 24.9 Å². The summed E-state index contributed by atoms with van der Waals surface area (Å²) >= 11 is 0. The van der Waals surface area contributed by atoms with E-state index in [2.05, 4.69) is 31.8 Å². The van der Waals surface area contributed by atoms with Gasteiger partial charge in [-0.25, -0.2) is 9.67 Å². The Morgan fingerprint density at radius 2 is 2.04 bits per heavy atom. The standard InChI is InChI=1S/C17H25N5.2ClH/c1-13-19-14(2)22(20-13)12-16-6-4-8-21(11-16)10-15-5-3-7-17(18)9-15;;/h3,5,7,9,16H,4,6,8,10-12,18H2,1-2H3;2*1H. The van der Waals surface area contributed by atoms with E-state index in [9.17, 15) is 0 Å². The van der Waals surface area contributed by atoms with Gasteiger partial charge in [0.1, 0.15) is 11.6 Å². The second kappa shape index (κ2) is 9.25. The molecule has 134 valence electrons. The van der Waals surface area contributed by atoms with Gasteiger partial charge in [-0.15, -0.1) is 24.8 Å². The van der Waals surface area contributed by atoms with Crippen molar-refractivity contribution >= 4 is 30.5 Å². The first-order valence-electron chi connectivity index (χ1n) is 8.05. The van der Waals surface area contributed by atoms with Crippen molar-refractivity contribution < 1.29 is 0 Å². The van der Waals surface area contributed by atoms with Gasteiger partial charge in [0, 0.05) is 25.3 Å². The Morgan fingerprint density at radius 1 is 1.25 bits per heavy atom. The van der Waals surface area contributed by atoms with Crippen molar-refractivity contribution in [3.05, 3.63) is 41.5 Å². The van der Waals surface area contributed by atoms with Gasteiger partial charge in [-0.3, -0.25) is 4.90 Å². The van der Waals surface area contributed by atoms with Crippen LogP contribution in [0.4, 0.5) is 5.69 Å². The van der Waals surface area contributed by atoms with Gasteiger partial charge < -0.3 is 5.73 Å². The normalized spacial score (nSPS) is 17.8. The number of rotatable bonds is 4. The molecule has 7 heteroatoms. The molecule has 1 aromatic heterocycles. The van der Waals surface area contributed by atoms with Crippen molar-refractivity contribution in [2.45, 2.75) is 39.8 Å². The van der Waals surface area contributed by atoms with Crippen LogP contribution in [0.5, 0.6) is 0 Å². The van der Waals surface area contributed by atoms with Crippen LogP contribution in [0.15, 0.2) is 24.3 Å². The molecule has 5 nitrogen and oxygen atoms in total. The zero-order valence-corrected chi connectivity index (χ0v) is 15.9. The Bertz CT molecular complexity index is 644. The number of benzene rings is 1. The van der Waals surface area contributed by atoms with Gasteiger partial charge in [-0.1, -0.05) is 12.1 Å². The maximum absolute atomic E-state index is 5.88. The lowest BCUT2D eigenvalue weighted by atomic mass is 9.97. The van der Waals surface area contributed by atoms with Crippen LogP contribution in [0.2, 0.25) is 0 Å². The zero-order valence-electron chi connectivity index (χ0n) is 14.3. The molecule has 24 heavy (non-hydrogen) atoms. The van der Waals surface area contributed by atoms with Crippen molar-refractivity contribution in [1.82, 2.24) is 19.7 Å². The van der Waals surface area contributed by atoms with Gasteiger partial charge in [0.25, 0.3) is 0 Å². The summed E-state index contributed by atoms with van der Waals surface area (Å²) in [6.45, 7) is 8.23. The number of piperidine rings is 1. The molecule has 1 aromatic carbocycles. The Hall–Kier alpha value is -1.30. The molecule has 0 radical (unpaired) electrons. The molecule has 0 aliphatic carbocycles. The molecule has 3 rings (SSSR count). The summed E-state index contributed by atoms with van der Waals surface area (Å²) in [7, 11) is 0. The SMILES string of the molecule is Cc1nc(C)n(CC2CCCN(Cc3cccc(N)c3)C2)n1.Cl.Cl. The highest BCUT2D eigenvalue weighted by molar-refractivity contribution is 5.85. The lowest BCUT2D eigenvalue weighted by molar-refractivity contribution is 0.152. The number of aromatic nitrogens is 3. The summed E-state index contributed by atoms with van der Waals surface area (Å²) in [4.78, 5) is 6.93. The smallest absolute Gasteiger partial charge is 0.147 e. The quantitative estimate of drug-likeness (QED) is 0.838. The first-order valence-corrected chi connectivity index (χ1v) is 8.05. The molecule has 0 spiro atoms. The first kappa shape index (κ1) is 20.7. The van der Waals surface area contributed by atoms with Crippen molar-refractivity contribution in [1.29, 1.82) is 0 Å². The second-order valence-corrected chi connectivity index (χ2v) is 6.38. The van der Waals surface area contributed by atoms with E-state index in [0.29, 0.717) is 5.92 Å². The second-order valence-electron chi connectivity index (χ2n) is 6.38. The van der Waals surface area contributed by atoms with Gasteiger partial charge >= 0.3 is 0 Å². The van der Waals surface area contributed by atoms with Crippen molar-refractivity contribution in [2.24, 2.45) is 5.92 Å². The molecule has 1 saturated heterocycles. The molecule has 2 heterocycles. The molecule has 1 unspecified atom stereocenters. The third-order valence-corrected chi connectivity index (χ3v) is 4.35. The summed E-state index contributed by atoms with van der Waals surface area (Å²) in [5.41, 5.74) is 8.02. The molecule has 0 saturated carbocycles. The van der Waals surface area contributed by atoms with Crippen LogP contribution in [0, 0.1) is 19.8 Å². The van der Waals surface area contributed by atoms with Gasteiger partial charge in [0.05, 0.1) is 0 Å².